The predicted molar refractivity (Wildman–Crippen MR) is 93.5 cm³/mol. The Morgan fingerprint density at radius 2 is 2.00 bits per heavy atom. The Kier molecular flexibility index (Phi) is 3.71. The number of morpholine rings is 1. The first-order valence-corrected chi connectivity index (χ1v) is 9.66. The van der Waals surface area contributed by atoms with Gasteiger partial charge >= 0.3 is 0 Å². The fraction of sp³-hybridized carbons (Fsp3) is 0.600. The minimum Gasteiger partial charge on any atom is -0.467 e. The standard InChI is InChI=1S/C20H24N2O4/c23-18-17(19(24)22-9-11-25-12-10-22)16-13-5-1-2-7-15(13)26-20(21-18)8-4-3-6-14(16)20/h1-2,5,7,14,16-17H,3-4,6,8-12H2,(H,21,23)/t14-,16+,17-,20-/m1/s1. The van der Waals surface area contributed by atoms with Crippen molar-refractivity contribution >= 4 is 11.8 Å². The van der Waals surface area contributed by atoms with E-state index in [0.717, 1.165) is 37.0 Å². The van der Waals surface area contributed by atoms with Crippen LogP contribution in [-0.4, -0.2) is 48.7 Å². The number of carbonyl (C=O) groups is 2. The lowest BCUT2D eigenvalue weighted by atomic mass is 9.62. The van der Waals surface area contributed by atoms with Crippen molar-refractivity contribution in [1.29, 1.82) is 0 Å². The highest BCUT2D eigenvalue weighted by Crippen LogP contribution is 2.55. The summed E-state index contributed by atoms with van der Waals surface area (Å²) in [6.45, 7) is 2.20. The third-order valence-corrected chi connectivity index (χ3v) is 6.48. The first kappa shape index (κ1) is 16.1. The van der Waals surface area contributed by atoms with Gasteiger partial charge in [-0.25, -0.2) is 0 Å². The topological polar surface area (TPSA) is 67.9 Å². The second kappa shape index (κ2) is 5.98. The summed E-state index contributed by atoms with van der Waals surface area (Å²) in [6.07, 6.45) is 3.94. The lowest BCUT2D eigenvalue weighted by molar-refractivity contribution is -0.167. The minimum absolute atomic E-state index is 0.0633. The van der Waals surface area contributed by atoms with Crippen molar-refractivity contribution < 1.29 is 19.1 Å². The fourth-order valence-electron chi connectivity index (χ4n) is 5.32. The summed E-state index contributed by atoms with van der Waals surface area (Å²) < 4.78 is 11.7. The summed E-state index contributed by atoms with van der Waals surface area (Å²) in [5.41, 5.74) is 0.368. The van der Waals surface area contributed by atoms with Gasteiger partial charge in [-0.05, 0) is 24.5 Å². The van der Waals surface area contributed by atoms with Crippen LogP contribution in [0.5, 0.6) is 5.75 Å². The van der Waals surface area contributed by atoms with Crippen molar-refractivity contribution in [3.63, 3.8) is 0 Å². The number of benzene rings is 1. The van der Waals surface area contributed by atoms with Gasteiger partial charge in [0.15, 0.2) is 5.72 Å². The quantitative estimate of drug-likeness (QED) is 0.777. The van der Waals surface area contributed by atoms with Gasteiger partial charge in [-0.2, -0.15) is 0 Å². The predicted octanol–water partition coefficient (Wildman–Crippen LogP) is 1.65. The Hall–Kier alpha value is -2.08. The maximum atomic E-state index is 13.3. The normalized spacial score (nSPS) is 35.6. The van der Waals surface area contributed by atoms with Crippen molar-refractivity contribution in [3.8, 4) is 5.75 Å². The smallest absolute Gasteiger partial charge is 0.236 e. The van der Waals surface area contributed by atoms with Gasteiger partial charge in [0.2, 0.25) is 11.8 Å². The van der Waals surface area contributed by atoms with Gasteiger partial charge in [-0.3, -0.25) is 9.59 Å². The molecule has 1 aromatic carbocycles. The van der Waals surface area contributed by atoms with E-state index in [1.165, 1.54) is 0 Å². The number of ether oxygens (including phenoxy) is 2. The SMILES string of the molecule is O=C1N[C@@]23CCCC[C@@H]2[C@H](c2ccccc2O3)[C@H]1C(=O)N1CCOCC1. The summed E-state index contributed by atoms with van der Waals surface area (Å²) >= 11 is 0. The van der Waals surface area contributed by atoms with Crippen LogP contribution in [0.25, 0.3) is 0 Å². The van der Waals surface area contributed by atoms with Crippen LogP contribution in [0.2, 0.25) is 0 Å². The van der Waals surface area contributed by atoms with E-state index in [4.69, 9.17) is 9.47 Å². The number of rotatable bonds is 1. The second-order valence-electron chi connectivity index (χ2n) is 7.81. The molecule has 4 atom stereocenters. The molecular formula is C20H24N2O4. The van der Waals surface area contributed by atoms with Crippen LogP contribution in [0, 0.1) is 11.8 Å². The Morgan fingerprint density at radius 1 is 1.19 bits per heavy atom. The average molecular weight is 356 g/mol. The lowest BCUT2D eigenvalue weighted by Gasteiger charge is -2.56. The molecule has 6 nitrogen and oxygen atoms in total. The summed E-state index contributed by atoms with van der Waals surface area (Å²) in [7, 11) is 0. The maximum absolute atomic E-state index is 13.3. The Labute approximate surface area is 152 Å². The lowest BCUT2D eigenvalue weighted by Crippen LogP contribution is -2.70. The van der Waals surface area contributed by atoms with Gasteiger partial charge < -0.3 is 19.7 Å². The zero-order chi connectivity index (χ0) is 17.7. The number of carbonyl (C=O) groups excluding carboxylic acids is 2. The number of hydrogen-bond acceptors (Lipinski definition) is 4. The molecule has 26 heavy (non-hydrogen) atoms. The molecule has 0 radical (unpaired) electrons. The van der Waals surface area contributed by atoms with Crippen LogP contribution in [-0.2, 0) is 14.3 Å². The van der Waals surface area contributed by atoms with Crippen molar-refractivity contribution in [1.82, 2.24) is 10.2 Å². The van der Waals surface area contributed by atoms with E-state index in [0.29, 0.717) is 26.3 Å². The molecule has 6 heteroatoms. The number of fused-ring (bicyclic) bond motifs is 2. The summed E-state index contributed by atoms with van der Waals surface area (Å²) in [5, 5.41) is 3.13. The molecule has 1 aromatic rings. The molecule has 0 unspecified atom stereocenters. The molecule has 5 rings (SSSR count). The Balaban J connectivity index is 1.58. The highest BCUT2D eigenvalue weighted by molar-refractivity contribution is 6.02. The van der Waals surface area contributed by atoms with E-state index in [1.807, 2.05) is 24.3 Å². The first-order chi connectivity index (χ1) is 12.7. The molecule has 0 aromatic heterocycles. The van der Waals surface area contributed by atoms with Crippen molar-refractivity contribution in [3.05, 3.63) is 29.8 Å². The van der Waals surface area contributed by atoms with Crippen molar-refractivity contribution in [2.24, 2.45) is 11.8 Å². The van der Waals surface area contributed by atoms with Crippen LogP contribution < -0.4 is 10.1 Å². The van der Waals surface area contributed by atoms with Gasteiger partial charge in [-0.15, -0.1) is 0 Å². The molecule has 3 heterocycles. The highest BCUT2D eigenvalue weighted by atomic mass is 16.5. The van der Waals surface area contributed by atoms with E-state index in [1.54, 1.807) is 4.90 Å². The fourth-order valence-corrected chi connectivity index (χ4v) is 5.32. The Bertz CT molecular complexity index is 745. The third-order valence-electron chi connectivity index (χ3n) is 6.48. The zero-order valence-electron chi connectivity index (χ0n) is 14.8. The number of nitrogens with one attached hydrogen (secondary N) is 1. The highest BCUT2D eigenvalue weighted by Gasteiger charge is 2.61. The molecule has 3 aliphatic heterocycles. The monoisotopic (exact) mass is 356 g/mol. The van der Waals surface area contributed by atoms with E-state index in [2.05, 4.69) is 5.32 Å². The number of para-hydroxylation sites is 1. The number of amides is 2. The van der Waals surface area contributed by atoms with E-state index < -0.39 is 11.6 Å². The summed E-state index contributed by atoms with van der Waals surface area (Å²) in [4.78, 5) is 28.2. The van der Waals surface area contributed by atoms with Crippen LogP contribution in [0.15, 0.2) is 24.3 Å². The van der Waals surface area contributed by atoms with Crippen molar-refractivity contribution in [2.75, 3.05) is 26.3 Å². The first-order valence-electron chi connectivity index (χ1n) is 9.66. The molecule has 2 amide bonds. The number of hydrogen-bond donors (Lipinski definition) is 1. The largest absolute Gasteiger partial charge is 0.467 e. The molecule has 2 bridgehead atoms. The molecular weight excluding hydrogens is 332 g/mol. The summed E-state index contributed by atoms with van der Waals surface area (Å²) in [6, 6.07) is 7.91. The zero-order valence-corrected chi connectivity index (χ0v) is 14.8. The molecule has 138 valence electrons. The molecule has 1 N–H and O–H groups in total. The number of nitrogens with zero attached hydrogens (tertiary/aromatic N) is 1. The summed E-state index contributed by atoms with van der Waals surface area (Å²) in [5.74, 6) is -0.0567. The maximum Gasteiger partial charge on any atom is 0.236 e. The third kappa shape index (κ3) is 2.28. The van der Waals surface area contributed by atoms with Gasteiger partial charge in [0.25, 0.3) is 0 Å². The molecule has 3 fully saturated rings. The van der Waals surface area contributed by atoms with Crippen LogP contribution >= 0.6 is 0 Å². The van der Waals surface area contributed by atoms with Crippen LogP contribution in [0.3, 0.4) is 0 Å². The molecule has 4 aliphatic rings. The van der Waals surface area contributed by atoms with Crippen LogP contribution in [0.1, 0.15) is 37.2 Å². The van der Waals surface area contributed by atoms with Gasteiger partial charge in [0, 0.05) is 31.3 Å². The van der Waals surface area contributed by atoms with Gasteiger partial charge in [0.1, 0.15) is 11.7 Å². The second-order valence-corrected chi connectivity index (χ2v) is 7.81. The van der Waals surface area contributed by atoms with E-state index in [-0.39, 0.29) is 23.7 Å². The molecule has 1 aliphatic carbocycles. The molecule has 0 spiro atoms. The van der Waals surface area contributed by atoms with Gasteiger partial charge in [-0.1, -0.05) is 24.6 Å². The van der Waals surface area contributed by atoms with Gasteiger partial charge in [0.05, 0.1) is 13.2 Å². The molecule has 2 saturated heterocycles. The van der Waals surface area contributed by atoms with E-state index >= 15 is 0 Å². The van der Waals surface area contributed by atoms with Crippen LogP contribution in [0.4, 0.5) is 0 Å². The minimum atomic E-state index is -0.672. The number of piperidine rings is 1. The molecule has 1 saturated carbocycles. The van der Waals surface area contributed by atoms with Crippen molar-refractivity contribution in [2.45, 2.75) is 37.3 Å². The van der Waals surface area contributed by atoms with E-state index in [9.17, 15) is 9.59 Å². The average Bonchev–Trinajstić information content (AvgIpc) is 2.67. The Morgan fingerprint density at radius 3 is 2.85 bits per heavy atom.